The van der Waals surface area contributed by atoms with Gasteiger partial charge in [0.05, 0.1) is 11.1 Å². The zero-order chi connectivity index (χ0) is 13.5. The van der Waals surface area contributed by atoms with E-state index in [0.29, 0.717) is 12.0 Å². The van der Waals surface area contributed by atoms with Crippen LogP contribution in [0.5, 0.6) is 0 Å². The van der Waals surface area contributed by atoms with E-state index in [4.69, 9.17) is 9.84 Å². The Morgan fingerprint density at radius 1 is 1.22 bits per heavy atom. The molecule has 1 aromatic carbocycles. The summed E-state index contributed by atoms with van der Waals surface area (Å²) in [6.45, 7) is 7.09. The van der Waals surface area contributed by atoms with Gasteiger partial charge in [0, 0.05) is 0 Å². The Bertz CT molecular complexity index is 489. The third-order valence-corrected chi connectivity index (χ3v) is 2.31. The molecule has 0 spiro atoms. The van der Waals surface area contributed by atoms with Crippen molar-refractivity contribution in [2.24, 2.45) is 0 Å². The second-order valence-corrected chi connectivity index (χ2v) is 3.52. The lowest BCUT2D eigenvalue weighted by atomic mass is 9.98. The van der Waals surface area contributed by atoms with Crippen molar-refractivity contribution < 1.29 is 19.4 Å². The van der Waals surface area contributed by atoms with Crippen LogP contribution in [0.25, 0.3) is 0 Å². The van der Waals surface area contributed by atoms with Gasteiger partial charge >= 0.3 is 11.9 Å². The van der Waals surface area contributed by atoms with Crippen LogP contribution in [0, 0.1) is 0 Å². The Hall–Kier alpha value is -2.36. The predicted molar refractivity (Wildman–Crippen MR) is 67.8 cm³/mol. The van der Waals surface area contributed by atoms with E-state index in [9.17, 15) is 9.59 Å². The Morgan fingerprint density at radius 2 is 1.89 bits per heavy atom. The summed E-state index contributed by atoms with van der Waals surface area (Å²) < 4.78 is 4.91. The Labute approximate surface area is 105 Å². The van der Waals surface area contributed by atoms with E-state index in [2.05, 4.69) is 13.2 Å². The number of aromatic carboxylic acids is 1. The van der Waals surface area contributed by atoms with Crippen molar-refractivity contribution in [3.05, 3.63) is 60.2 Å². The molecule has 1 N–H and O–H groups in total. The summed E-state index contributed by atoms with van der Waals surface area (Å²) in [7, 11) is 0. The number of carboxylic acids is 1. The summed E-state index contributed by atoms with van der Waals surface area (Å²) in [6, 6.07) is 4.50. The largest absolute Gasteiger partial charge is 0.478 e. The van der Waals surface area contributed by atoms with Crippen LogP contribution in [0.15, 0.2) is 43.5 Å². The van der Waals surface area contributed by atoms with Crippen molar-refractivity contribution >= 4 is 11.9 Å². The van der Waals surface area contributed by atoms with Crippen LogP contribution in [-0.2, 0) is 11.2 Å². The normalized spacial score (nSPS) is 9.56. The molecule has 0 amide bonds. The molecule has 0 aliphatic carbocycles. The monoisotopic (exact) mass is 246 g/mol. The van der Waals surface area contributed by atoms with Crippen LogP contribution < -0.4 is 0 Å². The summed E-state index contributed by atoms with van der Waals surface area (Å²) in [5.74, 6) is -1.64. The van der Waals surface area contributed by atoms with E-state index in [1.54, 1.807) is 6.08 Å². The van der Waals surface area contributed by atoms with Crippen molar-refractivity contribution in [3.63, 3.8) is 0 Å². The molecule has 0 heterocycles. The summed E-state index contributed by atoms with van der Waals surface area (Å²) in [4.78, 5) is 22.9. The second-order valence-electron chi connectivity index (χ2n) is 3.52. The van der Waals surface area contributed by atoms with Crippen LogP contribution in [-0.4, -0.2) is 23.7 Å². The van der Waals surface area contributed by atoms with E-state index in [0.717, 1.165) is 0 Å². The first kappa shape index (κ1) is 13.7. The molecule has 0 atom stereocenters. The summed E-state index contributed by atoms with van der Waals surface area (Å²) in [5.41, 5.74) is 0.744. The first-order chi connectivity index (χ1) is 8.61. The molecule has 4 nitrogen and oxygen atoms in total. The molecule has 0 bridgehead atoms. The van der Waals surface area contributed by atoms with Gasteiger partial charge in [-0.25, -0.2) is 9.59 Å². The first-order valence-electron chi connectivity index (χ1n) is 5.36. The van der Waals surface area contributed by atoms with Gasteiger partial charge in [0.15, 0.2) is 0 Å². The van der Waals surface area contributed by atoms with Gasteiger partial charge in [0.1, 0.15) is 6.61 Å². The second kappa shape index (κ2) is 6.39. The fraction of sp³-hybridized carbons (Fsp3) is 0.143. The maximum Gasteiger partial charge on any atom is 0.338 e. The average Bonchev–Trinajstić information content (AvgIpc) is 2.36. The Balaban J connectivity index is 3.21. The van der Waals surface area contributed by atoms with Gasteiger partial charge in [-0.2, -0.15) is 0 Å². The van der Waals surface area contributed by atoms with E-state index in [1.807, 2.05) is 0 Å². The van der Waals surface area contributed by atoms with Gasteiger partial charge in [0.25, 0.3) is 0 Å². The molecule has 94 valence electrons. The number of carbonyl (C=O) groups excluding carboxylic acids is 1. The van der Waals surface area contributed by atoms with E-state index in [-0.39, 0.29) is 17.7 Å². The average molecular weight is 246 g/mol. The molecule has 0 fully saturated rings. The highest BCUT2D eigenvalue weighted by Crippen LogP contribution is 2.17. The van der Waals surface area contributed by atoms with Gasteiger partial charge in [-0.15, -0.1) is 6.58 Å². The van der Waals surface area contributed by atoms with Crippen molar-refractivity contribution in [3.8, 4) is 0 Å². The fourth-order valence-corrected chi connectivity index (χ4v) is 1.56. The summed E-state index contributed by atoms with van der Waals surface area (Å²) in [5, 5.41) is 9.07. The number of carbonyl (C=O) groups is 2. The number of rotatable bonds is 6. The molecule has 1 rings (SSSR count). The SMILES string of the molecule is C=CCOC(=O)c1cccc(C(=O)O)c1CC=C. The van der Waals surface area contributed by atoms with Crippen LogP contribution in [0.4, 0.5) is 0 Å². The number of ether oxygens (including phenoxy) is 1. The number of hydrogen-bond donors (Lipinski definition) is 1. The van der Waals surface area contributed by atoms with E-state index >= 15 is 0 Å². The van der Waals surface area contributed by atoms with Crippen LogP contribution in [0.3, 0.4) is 0 Å². The maximum absolute atomic E-state index is 11.8. The van der Waals surface area contributed by atoms with Gasteiger partial charge in [-0.05, 0) is 24.1 Å². The summed E-state index contributed by atoms with van der Waals surface area (Å²) >= 11 is 0. The molecule has 0 aliphatic heterocycles. The predicted octanol–water partition coefficient (Wildman–Crippen LogP) is 2.46. The van der Waals surface area contributed by atoms with E-state index in [1.165, 1.54) is 24.3 Å². The lowest BCUT2D eigenvalue weighted by Gasteiger charge is -2.10. The number of benzene rings is 1. The highest BCUT2D eigenvalue weighted by molar-refractivity contribution is 5.97. The minimum Gasteiger partial charge on any atom is -0.478 e. The minimum absolute atomic E-state index is 0.0861. The quantitative estimate of drug-likeness (QED) is 0.618. The van der Waals surface area contributed by atoms with Gasteiger partial charge < -0.3 is 9.84 Å². The molecule has 18 heavy (non-hydrogen) atoms. The smallest absolute Gasteiger partial charge is 0.338 e. The van der Waals surface area contributed by atoms with Gasteiger partial charge in [0.2, 0.25) is 0 Å². The third-order valence-electron chi connectivity index (χ3n) is 2.31. The lowest BCUT2D eigenvalue weighted by Crippen LogP contribution is -2.12. The molecule has 0 aromatic heterocycles. The standard InChI is InChI=1S/C14H14O4/c1-3-6-10-11(13(15)16)7-5-8-12(10)14(17)18-9-4-2/h3-5,7-8H,1-2,6,9H2,(H,15,16). The first-order valence-corrected chi connectivity index (χ1v) is 5.36. The van der Waals surface area contributed by atoms with Crippen molar-refractivity contribution in [1.29, 1.82) is 0 Å². The Kier molecular flexibility index (Phi) is 4.87. The molecule has 4 heteroatoms. The molecule has 0 aliphatic rings. The van der Waals surface area contributed by atoms with Crippen molar-refractivity contribution in [2.45, 2.75) is 6.42 Å². The van der Waals surface area contributed by atoms with Crippen LogP contribution in [0.1, 0.15) is 26.3 Å². The zero-order valence-electron chi connectivity index (χ0n) is 9.89. The number of allylic oxidation sites excluding steroid dienone is 1. The lowest BCUT2D eigenvalue weighted by molar-refractivity contribution is 0.0548. The molecule has 0 saturated carbocycles. The summed E-state index contributed by atoms with van der Waals surface area (Å²) in [6.07, 6.45) is 3.29. The molecule has 1 aromatic rings. The Morgan fingerprint density at radius 3 is 2.44 bits per heavy atom. The van der Waals surface area contributed by atoms with Crippen molar-refractivity contribution in [2.75, 3.05) is 6.61 Å². The third kappa shape index (κ3) is 3.07. The highest BCUT2D eigenvalue weighted by atomic mass is 16.5. The molecule has 0 saturated heterocycles. The van der Waals surface area contributed by atoms with E-state index < -0.39 is 11.9 Å². The van der Waals surface area contributed by atoms with Crippen LogP contribution >= 0.6 is 0 Å². The number of esters is 1. The van der Waals surface area contributed by atoms with Crippen molar-refractivity contribution in [1.82, 2.24) is 0 Å². The molecule has 0 unspecified atom stereocenters. The highest BCUT2D eigenvalue weighted by Gasteiger charge is 2.18. The molecular formula is C14H14O4. The van der Waals surface area contributed by atoms with Gasteiger partial charge in [-0.1, -0.05) is 24.8 Å². The molecular weight excluding hydrogens is 232 g/mol. The topological polar surface area (TPSA) is 63.6 Å². The number of carboxylic acid groups (broad SMARTS) is 1. The maximum atomic E-state index is 11.8. The minimum atomic E-state index is -1.08. The fourth-order valence-electron chi connectivity index (χ4n) is 1.56. The van der Waals surface area contributed by atoms with Crippen LogP contribution in [0.2, 0.25) is 0 Å². The molecule has 0 radical (unpaired) electrons. The number of hydrogen-bond acceptors (Lipinski definition) is 3. The zero-order valence-corrected chi connectivity index (χ0v) is 9.89. The van der Waals surface area contributed by atoms with Gasteiger partial charge in [-0.3, -0.25) is 0 Å².